The van der Waals surface area contributed by atoms with Crippen LogP contribution in [0.25, 0.3) is 0 Å². The average molecular weight is 151 g/mol. The largest absolute Gasteiger partial charge is 0.373 e. The summed E-state index contributed by atoms with van der Waals surface area (Å²) in [7, 11) is 1.87. The van der Waals surface area contributed by atoms with Crippen molar-refractivity contribution in [1.82, 2.24) is 9.97 Å². The number of nitrogens with one attached hydrogen (secondary N) is 1. The van der Waals surface area contributed by atoms with Crippen molar-refractivity contribution < 1.29 is 0 Å². The fraction of sp³-hybridized carbons (Fsp3) is 0.500. The SMILES string of the molecule is CNc1ncncc1C(C)C. The van der Waals surface area contributed by atoms with Crippen LogP contribution < -0.4 is 5.32 Å². The zero-order valence-corrected chi connectivity index (χ0v) is 7.13. The Bertz CT molecular complexity index is 233. The minimum absolute atomic E-state index is 0.471. The van der Waals surface area contributed by atoms with Gasteiger partial charge in [0.05, 0.1) is 0 Å². The molecule has 0 saturated heterocycles. The lowest BCUT2D eigenvalue weighted by atomic mass is 10.1. The lowest BCUT2D eigenvalue weighted by Crippen LogP contribution is -2.00. The van der Waals surface area contributed by atoms with E-state index in [-0.39, 0.29) is 0 Å². The number of anilines is 1. The molecule has 1 aromatic heterocycles. The van der Waals surface area contributed by atoms with E-state index >= 15 is 0 Å². The molecule has 60 valence electrons. The van der Waals surface area contributed by atoms with Gasteiger partial charge in [0.1, 0.15) is 12.1 Å². The van der Waals surface area contributed by atoms with Crippen LogP contribution in [0.5, 0.6) is 0 Å². The van der Waals surface area contributed by atoms with E-state index in [1.165, 1.54) is 0 Å². The molecular weight excluding hydrogens is 138 g/mol. The van der Waals surface area contributed by atoms with Crippen molar-refractivity contribution in [2.45, 2.75) is 19.8 Å². The molecule has 0 saturated carbocycles. The molecule has 3 nitrogen and oxygen atoms in total. The first-order valence-electron chi connectivity index (χ1n) is 3.73. The molecule has 0 spiro atoms. The molecule has 0 radical (unpaired) electrons. The Morgan fingerprint density at radius 1 is 1.45 bits per heavy atom. The predicted molar refractivity (Wildman–Crippen MR) is 45.7 cm³/mol. The molecule has 0 aromatic carbocycles. The van der Waals surface area contributed by atoms with Gasteiger partial charge in [-0.1, -0.05) is 13.8 Å². The fourth-order valence-electron chi connectivity index (χ4n) is 0.972. The summed E-state index contributed by atoms with van der Waals surface area (Å²) in [5.74, 6) is 1.40. The third-order valence-electron chi connectivity index (χ3n) is 1.60. The minimum Gasteiger partial charge on any atom is -0.373 e. The van der Waals surface area contributed by atoms with E-state index in [9.17, 15) is 0 Å². The van der Waals surface area contributed by atoms with Gasteiger partial charge in [-0.15, -0.1) is 0 Å². The zero-order chi connectivity index (χ0) is 8.27. The van der Waals surface area contributed by atoms with E-state index in [1.54, 1.807) is 6.33 Å². The van der Waals surface area contributed by atoms with Crippen LogP contribution in [-0.2, 0) is 0 Å². The van der Waals surface area contributed by atoms with Gasteiger partial charge >= 0.3 is 0 Å². The second-order valence-electron chi connectivity index (χ2n) is 2.73. The Balaban J connectivity index is 3.02. The summed E-state index contributed by atoms with van der Waals surface area (Å²) in [6.45, 7) is 4.25. The maximum absolute atomic E-state index is 4.10. The Hall–Kier alpha value is -1.12. The topological polar surface area (TPSA) is 37.8 Å². The normalized spacial score (nSPS) is 10.2. The van der Waals surface area contributed by atoms with Crippen LogP contribution in [0.1, 0.15) is 25.3 Å². The highest BCUT2D eigenvalue weighted by molar-refractivity contribution is 5.42. The van der Waals surface area contributed by atoms with E-state index in [0.29, 0.717) is 5.92 Å². The van der Waals surface area contributed by atoms with Crippen LogP contribution in [0.3, 0.4) is 0 Å². The maximum Gasteiger partial charge on any atom is 0.132 e. The molecular formula is C8H13N3. The highest BCUT2D eigenvalue weighted by Crippen LogP contribution is 2.19. The smallest absolute Gasteiger partial charge is 0.132 e. The predicted octanol–water partition coefficient (Wildman–Crippen LogP) is 1.64. The molecule has 0 aliphatic rings. The molecule has 1 aromatic rings. The highest BCUT2D eigenvalue weighted by Gasteiger charge is 2.04. The van der Waals surface area contributed by atoms with Gasteiger partial charge in [0, 0.05) is 18.8 Å². The molecule has 0 bridgehead atoms. The molecule has 3 heteroatoms. The van der Waals surface area contributed by atoms with Crippen molar-refractivity contribution in [3.8, 4) is 0 Å². The van der Waals surface area contributed by atoms with Crippen molar-refractivity contribution >= 4 is 5.82 Å². The molecule has 1 N–H and O–H groups in total. The van der Waals surface area contributed by atoms with E-state index in [1.807, 2.05) is 13.2 Å². The van der Waals surface area contributed by atoms with Gasteiger partial charge in [-0.3, -0.25) is 0 Å². The summed E-state index contributed by atoms with van der Waals surface area (Å²) in [6, 6.07) is 0. The molecule has 0 amide bonds. The summed E-state index contributed by atoms with van der Waals surface area (Å²) in [4.78, 5) is 8.06. The van der Waals surface area contributed by atoms with Crippen molar-refractivity contribution in [1.29, 1.82) is 0 Å². The molecule has 0 aliphatic heterocycles. The number of nitrogens with zero attached hydrogens (tertiary/aromatic N) is 2. The Kier molecular flexibility index (Phi) is 2.41. The first kappa shape index (κ1) is 7.98. The van der Waals surface area contributed by atoms with Crippen LogP contribution >= 0.6 is 0 Å². The number of aromatic nitrogens is 2. The van der Waals surface area contributed by atoms with Crippen LogP contribution in [0.4, 0.5) is 5.82 Å². The van der Waals surface area contributed by atoms with E-state index in [4.69, 9.17) is 0 Å². The van der Waals surface area contributed by atoms with E-state index in [0.717, 1.165) is 11.4 Å². The van der Waals surface area contributed by atoms with Crippen molar-refractivity contribution in [2.24, 2.45) is 0 Å². The van der Waals surface area contributed by atoms with Gasteiger partial charge < -0.3 is 5.32 Å². The van der Waals surface area contributed by atoms with Gasteiger partial charge in [0.2, 0.25) is 0 Å². The van der Waals surface area contributed by atoms with Crippen LogP contribution in [0.15, 0.2) is 12.5 Å². The maximum atomic E-state index is 4.10. The molecule has 11 heavy (non-hydrogen) atoms. The van der Waals surface area contributed by atoms with Crippen LogP contribution in [0.2, 0.25) is 0 Å². The third kappa shape index (κ3) is 1.67. The summed E-state index contributed by atoms with van der Waals surface area (Å²) in [6.07, 6.45) is 3.40. The molecule has 0 fully saturated rings. The van der Waals surface area contributed by atoms with Crippen LogP contribution in [-0.4, -0.2) is 17.0 Å². The lowest BCUT2D eigenvalue weighted by molar-refractivity contribution is 0.848. The first-order chi connectivity index (χ1) is 5.25. The second-order valence-corrected chi connectivity index (χ2v) is 2.73. The number of hydrogen-bond donors (Lipinski definition) is 1. The highest BCUT2D eigenvalue weighted by atomic mass is 15.0. The van der Waals surface area contributed by atoms with Gasteiger partial charge in [-0.25, -0.2) is 9.97 Å². The molecule has 0 atom stereocenters. The van der Waals surface area contributed by atoms with Crippen molar-refractivity contribution in [3.05, 3.63) is 18.1 Å². The molecule has 1 heterocycles. The van der Waals surface area contributed by atoms with E-state index < -0.39 is 0 Å². The van der Waals surface area contributed by atoms with Crippen molar-refractivity contribution in [2.75, 3.05) is 12.4 Å². The van der Waals surface area contributed by atoms with Crippen LogP contribution in [0, 0.1) is 0 Å². The Morgan fingerprint density at radius 3 is 2.64 bits per heavy atom. The van der Waals surface area contributed by atoms with Gasteiger partial charge in [-0.2, -0.15) is 0 Å². The monoisotopic (exact) mass is 151 g/mol. The Morgan fingerprint density at radius 2 is 2.18 bits per heavy atom. The third-order valence-corrected chi connectivity index (χ3v) is 1.60. The summed E-state index contributed by atoms with van der Waals surface area (Å²) in [5, 5.41) is 3.03. The fourth-order valence-corrected chi connectivity index (χ4v) is 0.972. The first-order valence-corrected chi connectivity index (χ1v) is 3.73. The summed E-state index contributed by atoms with van der Waals surface area (Å²) < 4.78 is 0. The van der Waals surface area contributed by atoms with E-state index in [2.05, 4.69) is 29.1 Å². The number of hydrogen-bond acceptors (Lipinski definition) is 3. The summed E-state index contributed by atoms with van der Waals surface area (Å²) in [5.41, 5.74) is 1.16. The summed E-state index contributed by atoms with van der Waals surface area (Å²) >= 11 is 0. The lowest BCUT2D eigenvalue weighted by Gasteiger charge is -2.08. The molecule has 0 aliphatic carbocycles. The molecule has 1 rings (SSSR count). The Labute approximate surface area is 66.9 Å². The standard InChI is InChI=1S/C8H13N3/c1-6(2)7-4-10-5-11-8(7)9-3/h4-6H,1-3H3,(H,9,10,11). The van der Waals surface area contributed by atoms with Gasteiger partial charge in [-0.05, 0) is 5.92 Å². The van der Waals surface area contributed by atoms with Gasteiger partial charge in [0.25, 0.3) is 0 Å². The second kappa shape index (κ2) is 3.32. The quantitative estimate of drug-likeness (QED) is 0.698. The zero-order valence-electron chi connectivity index (χ0n) is 7.13. The average Bonchev–Trinajstić information content (AvgIpc) is 2.04. The van der Waals surface area contributed by atoms with Crippen molar-refractivity contribution in [3.63, 3.8) is 0 Å². The van der Waals surface area contributed by atoms with Gasteiger partial charge in [0.15, 0.2) is 0 Å². The molecule has 0 unspecified atom stereocenters. The number of rotatable bonds is 2. The minimum atomic E-state index is 0.471.